The predicted octanol–water partition coefficient (Wildman–Crippen LogP) is 11.1. The van der Waals surface area contributed by atoms with Gasteiger partial charge in [-0.05, 0) is 119 Å². The van der Waals surface area contributed by atoms with Gasteiger partial charge in [-0.3, -0.25) is 0 Å². The fourth-order valence-corrected chi connectivity index (χ4v) is 8.62. The third kappa shape index (κ3) is 4.84. The normalized spacial score (nSPS) is 12.5. The van der Waals surface area contributed by atoms with Crippen LogP contribution in [0.3, 0.4) is 0 Å². The van der Waals surface area contributed by atoms with E-state index in [0.29, 0.717) is 0 Å². The van der Waals surface area contributed by atoms with Crippen LogP contribution in [0.2, 0.25) is 0 Å². The van der Waals surface area contributed by atoms with Crippen molar-refractivity contribution >= 4 is 44.9 Å². The molecule has 2 aliphatic rings. The number of fused-ring (bicyclic) bond motifs is 7. The topological polar surface area (TPSA) is 23.4 Å². The maximum absolute atomic E-state index is 6.82. The SMILES string of the molecule is Cc1ccc2c(c1)c1cc(C)ccc1n2-c1ccc(-c2cc3c4c(c2)Oc2ccc(-c5ccccc5)cc2B4c2cc(-c4ccccc4)ccc2O3)cc1. The van der Waals surface area contributed by atoms with Gasteiger partial charge in [-0.1, -0.05) is 120 Å². The number of rotatable bonds is 4. The van der Waals surface area contributed by atoms with Gasteiger partial charge >= 0.3 is 0 Å². The van der Waals surface area contributed by atoms with E-state index in [2.05, 4.69) is 188 Å². The summed E-state index contributed by atoms with van der Waals surface area (Å²) in [4.78, 5) is 0. The number of hydrogen-bond donors (Lipinski definition) is 0. The van der Waals surface area contributed by atoms with Crippen LogP contribution < -0.4 is 25.9 Å². The molecule has 0 bridgehead atoms. The van der Waals surface area contributed by atoms with Crippen molar-refractivity contribution in [3.8, 4) is 62.1 Å². The van der Waals surface area contributed by atoms with Crippen LogP contribution in [0.25, 0.3) is 60.9 Å². The van der Waals surface area contributed by atoms with Gasteiger partial charge in [0, 0.05) is 21.9 Å². The summed E-state index contributed by atoms with van der Waals surface area (Å²) in [7, 11) is 0. The number of aryl methyl sites for hydroxylation is 2. The van der Waals surface area contributed by atoms with Gasteiger partial charge < -0.3 is 14.0 Å². The van der Waals surface area contributed by atoms with Crippen molar-refractivity contribution in [1.29, 1.82) is 0 Å². The summed E-state index contributed by atoms with van der Waals surface area (Å²) in [6.07, 6.45) is 0. The molecular formula is C50H34BNO2. The zero-order valence-electron chi connectivity index (χ0n) is 30.0. The van der Waals surface area contributed by atoms with Crippen LogP contribution in [0.4, 0.5) is 0 Å². The van der Waals surface area contributed by atoms with E-state index in [1.807, 2.05) is 0 Å². The molecule has 0 aliphatic carbocycles. The maximum Gasteiger partial charge on any atom is 0.260 e. The lowest BCUT2D eigenvalue weighted by Gasteiger charge is -2.34. The molecular weight excluding hydrogens is 657 g/mol. The Bertz CT molecular complexity index is 2770. The van der Waals surface area contributed by atoms with Crippen LogP contribution in [-0.2, 0) is 0 Å². The van der Waals surface area contributed by atoms with E-state index in [9.17, 15) is 0 Å². The third-order valence-corrected chi connectivity index (χ3v) is 11.2. The van der Waals surface area contributed by atoms with Crippen molar-refractivity contribution in [2.75, 3.05) is 0 Å². The molecule has 0 N–H and O–H groups in total. The van der Waals surface area contributed by atoms with Crippen LogP contribution in [0, 0.1) is 13.8 Å². The first kappa shape index (κ1) is 30.8. The summed E-state index contributed by atoms with van der Waals surface area (Å²) >= 11 is 0. The van der Waals surface area contributed by atoms with E-state index in [1.165, 1.54) is 55.2 Å². The van der Waals surface area contributed by atoms with E-state index in [1.54, 1.807) is 0 Å². The quantitative estimate of drug-likeness (QED) is 0.172. The summed E-state index contributed by atoms with van der Waals surface area (Å²) in [5, 5.41) is 2.56. The second-order valence-electron chi connectivity index (χ2n) is 14.7. The molecule has 11 rings (SSSR count). The van der Waals surface area contributed by atoms with Crippen molar-refractivity contribution < 1.29 is 9.47 Å². The Hall–Kier alpha value is -6.78. The van der Waals surface area contributed by atoms with Gasteiger partial charge in [0.1, 0.15) is 23.0 Å². The fraction of sp³-hybridized carbons (Fsp3) is 0.0400. The third-order valence-electron chi connectivity index (χ3n) is 11.2. The number of ether oxygens (including phenoxy) is 2. The highest BCUT2D eigenvalue weighted by atomic mass is 16.5. The molecule has 0 fully saturated rings. The Morgan fingerprint density at radius 2 is 0.852 bits per heavy atom. The zero-order valence-corrected chi connectivity index (χ0v) is 30.0. The highest BCUT2D eigenvalue weighted by molar-refractivity contribution is 6.98. The van der Waals surface area contributed by atoms with Gasteiger partial charge in [-0.25, -0.2) is 0 Å². The number of aromatic nitrogens is 1. The van der Waals surface area contributed by atoms with Crippen molar-refractivity contribution in [1.82, 2.24) is 4.57 Å². The van der Waals surface area contributed by atoms with Gasteiger partial charge in [0.25, 0.3) is 6.71 Å². The lowest BCUT2D eigenvalue weighted by molar-refractivity contribution is 0.465. The second kappa shape index (κ2) is 11.9. The lowest BCUT2D eigenvalue weighted by Crippen LogP contribution is -2.57. The molecule has 0 radical (unpaired) electrons. The Balaban J connectivity index is 1.04. The molecule has 0 amide bonds. The fourth-order valence-electron chi connectivity index (χ4n) is 8.62. The Morgan fingerprint density at radius 3 is 1.35 bits per heavy atom. The summed E-state index contributed by atoms with van der Waals surface area (Å²) in [6, 6.07) is 61.1. The van der Waals surface area contributed by atoms with E-state index < -0.39 is 0 Å². The minimum Gasteiger partial charge on any atom is -0.458 e. The average molecular weight is 692 g/mol. The smallest absolute Gasteiger partial charge is 0.260 e. The molecule has 0 atom stereocenters. The van der Waals surface area contributed by atoms with Gasteiger partial charge in [0.2, 0.25) is 0 Å². The van der Waals surface area contributed by atoms with E-state index in [0.717, 1.165) is 56.2 Å². The summed E-state index contributed by atoms with van der Waals surface area (Å²) < 4.78 is 16.0. The minimum atomic E-state index is -0.0474. The summed E-state index contributed by atoms with van der Waals surface area (Å²) in [6.45, 7) is 4.28. The first-order chi connectivity index (χ1) is 26.6. The van der Waals surface area contributed by atoms with Gasteiger partial charge in [0.15, 0.2) is 0 Å². The molecule has 0 saturated carbocycles. The molecule has 0 saturated heterocycles. The van der Waals surface area contributed by atoms with Crippen LogP contribution in [0.15, 0.2) is 170 Å². The molecule has 3 heterocycles. The maximum atomic E-state index is 6.82. The van der Waals surface area contributed by atoms with E-state index in [4.69, 9.17) is 9.47 Å². The Morgan fingerprint density at radius 1 is 0.389 bits per heavy atom. The van der Waals surface area contributed by atoms with Crippen LogP contribution >= 0.6 is 0 Å². The molecule has 8 aromatic carbocycles. The van der Waals surface area contributed by atoms with Crippen LogP contribution in [0.1, 0.15) is 11.1 Å². The summed E-state index contributed by atoms with van der Waals surface area (Å²) in [5.41, 5.74) is 16.3. The first-order valence-corrected chi connectivity index (χ1v) is 18.6. The molecule has 0 unspecified atom stereocenters. The molecule has 1 aromatic heterocycles. The number of hydrogen-bond acceptors (Lipinski definition) is 2. The molecule has 0 spiro atoms. The molecule has 9 aromatic rings. The molecule has 2 aliphatic heterocycles. The molecule has 254 valence electrons. The Labute approximate surface area is 314 Å². The monoisotopic (exact) mass is 691 g/mol. The Kier molecular flexibility index (Phi) is 6.78. The highest BCUT2D eigenvalue weighted by Crippen LogP contribution is 2.40. The second-order valence-corrected chi connectivity index (χ2v) is 14.7. The molecule has 4 heteroatoms. The van der Waals surface area contributed by atoms with Crippen molar-refractivity contribution in [3.63, 3.8) is 0 Å². The van der Waals surface area contributed by atoms with Gasteiger partial charge in [0.05, 0.1) is 11.0 Å². The predicted molar refractivity (Wildman–Crippen MR) is 224 cm³/mol. The largest absolute Gasteiger partial charge is 0.458 e. The van der Waals surface area contributed by atoms with E-state index in [-0.39, 0.29) is 6.71 Å². The summed E-state index contributed by atoms with van der Waals surface area (Å²) in [5.74, 6) is 3.42. The van der Waals surface area contributed by atoms with Crippen molar-refractivity contribution in [2.45, 2.75) is 13.8 Å². The number of nitrogens with zero attached hydrogens (tertiary/aromatic N) is 1. The minimum absolute atomic E-state index is 0.0474. The lowest BCUT2D eigenvalue weighted by atomic mass is 9.34. The van der Waals surface area contributed by atoms with Crippen molar-refractivity contribution in [3.05, 3.63) is 181 Å². The van der Waals surface area contributed by atoms with Crippen molar-refractivity contribution in [2.24, 2.45) is 0 Å². The number of benzene rings is 8. The van der Waals surface area contributed by atoms with Gasteiger partial charge in [-0.15, -0.1) is 0 Å². The van der Waals surface area contributed by atoms with Gasteiger partial charge in [-0.2, -0.15) is 0 Å². The molecule has 54 heavy (non-hydrogen) atoms. The van der Waals surface area contributed by atoms with Crippen LogP contribution in [0.5, 0.6) is 23.0 Å². The standard InChI is InChI=1S/C50H34BNO2/c1-31-13-21-44-40(25-31)41-26-32(2)14-22-45(41)52(44)39-19-15-35(16-20-39)38-29-48-50-49(30-38)54-47-24-18-37(34-11-7-4-8-12-34)28-43(47)51(50)42-27-36(17-23-46(42)53-48)33-9-5-3-6-10-33/h3-30H,1-2H3. The van der Waals surface area contributed by atoms with Crippen LogP contribution in [-0.4, -0.2) is 11.3 Å². The zero-order chi connectivity index (χ0) is 35.9. The van der Waals surface area contributed by atoms with E-state index >= 15 is 0 Å². The first-order valence-electron chi connectivity index (χ1n) is 18.6. The molecule has 3 nitrogen and oxygen atoms in total. The highest BCUT2D eigenvalue weighted by Gasteiger charge is 2.41. The average Bonchev–Trinajstić information content (AvgIpc) is 3.53.